The molecule has 10 heteroatoms. The highest BCUT2D eigenvalue weighted by atomic mass is 35.5. The molecule has 2 aromatic rings. The van der Waals surface area contributed by atoms with Crippen LogP contribution >= 0.6 is 23.2 Å². The minimum Gasteiger partial charge on any atom is -0.369 e. The number of hydrogen-bond acceptors (Lipinski definition) is 4. The first-order chi connectivity index (χ1) is 14.3. The van der Waals surface area contributed by atoms with Gasteiger partial charge in [-0.05, 0) is 48.9 Å². The molecule has 0 aromatic heterocycles. The lowest BCUT2D eigenvalue weighted by atomic mass is 10.2. The predicted molar refractivity (Wildman–Crippen MR) is 117 cm³/mol. The molecule has 1 aliphatic rings. The Morgan fingerprint density at radius 2 is 1.70 bits per heavy atom. The number of carbonyl (C=O) groups excluding carboxylic acids is 1. The van der Waals surface area contributed by atoms with Crippen molar-refractivity contribution < 1.29 is 17.6 Å². The lowest BCUT2D eigenvalue weighted by Crippen LogP contribution is -2.49. The van der Waals surface area contributed by atoms with E-state index in [1.807, 2.05) is 4.90 Å². The van der Waals surface area contributed by atoms with Crippen LogP contribution in [0.25, 0.3) is 0 Å². The number of nitrogens with zero attached hydrogens (tertiary/aromatic N) is 2. The molecule has 0 radical (unpaired) electrons. The predicted octanol–water partition coefficient (Wildman–Crippen LogP) is 3.40. The van der Waals surface area contributed by atoms with E-state index in [1.165, 1.54) is 28.6 Å². The van der Waals surface area contributed by atoms with E-state index in [0.29, 0.717) is 31.2 Å². The molecule has 1 fully saturated rings. The minimum absolute atomic E-state index is 0.0624. The number of halogens is 3. The van der Waals surface area contributed by atoms with Gasteiger partial charge in [0, 0.05) is 43.4 Å². The summed E-state index contributed by atoms with van der Waals surface area (Å²) in [5.74, 6) is -0.759. The maximum Gasteiger partial charge on any atom is 0.252 e. The Morgan fingerprint density at radius 1 is 1.03 bits per heavy atom. The van der Waals surface area contributed by atoms with Gasteiger partial charge in [-0.3, -0.25) is 4.79 Å². The Bertz CT molecular complexity index is 995. The quantitative estimate of drug-likeness (QED) is 0.625. The number of amides is 1. The van der Waals surface area contributed by atoms with Crippen LogP contribution < -0.4 is 10.2 Å². The molecule has 1 aliphatic heterocycles. The van der Waals surface area contributed by atoms with Crippen LogP contribution in [-0.2, 0) is 10.0 Å². The van der Waals surface area contributed by atoms with Crippen molar-refractivity contribution in [3.63, 3.8) is 0 Å². The molecule has 0 bridgehead atoms. The Labute approximate surface area is 185 Å². The van der Waals surface area contributed by atoms with Crippen molar-refractivity contribution in [1.29, 1.82) is 0 Å². The average molecular weight is 474 g/mol. The summed E-state index contributed by atoms with van der Waals surface area (Å²) in [6, 6.07) is 10.8. The summed E-state index contributed by atoms with van der Waals surface area (Å²) in [7, 11) is -3.42. The molecular formula is C20H22Cl2FN3O3S. The molecule has 6 nitrogen and oxygen atoms in total. The Morgan fingerprint density at radius 3 is 2.37 bits per heavy atom. The van der Waals surface area contributed by atoms with E-state index in [0.717, 1.165) is 5.69 Å². The maximum absolute atomic E-state index is 13.1. The van der Waals surface area contributed by atoms with Gasteiger partial charge < -0.3 is 10.2 Å². The SMILES string of the molecule is O=C(NCCCS(=O)(=O)N1CCN(c2ccc(F)cc2)CC1)c1cc(Cl)ccc1Cl. The average Bonchev–Trinajstić information content (AvgIpc) is 2.73. The molecule has 0 atom stereocenters. The molecule has 0 spiro atoms. The standard InChI is InChI=1S/C20H22Cl2FN3O3S/c21-15-2-7-19(22)18(14-15)20(27)24-8-1-13-30(28,29)26-11-9-25(10-12-26)17-5-3-16(23)4-6-17/h2-7,14H,1,8-13H2,(H,24,27). The van der Waals surface area contributed by atoms with Crippen molar-refractivity contribution in [3.8, 4) is 0 Å². The van der Waals surface area contributed by atoms with E-state index < -0.39 is 15.9 Å². The summed E-state index contributed by atoms with van der Waals surface area (Å²) >= 11 is 11.9. The van der Waals surface area contributed by atoms with Gasteiger partial charge in [-0.15, -0.1) is 0 Å². The van der Waals surface area contributed by atoms with E-state index in [9.17, 15) is 17.6 Å². The highest BCUT2D eigenvalue weighted by molar-refractivity contribution is 7.89. The normalized spacial score (nSPS) is 15.2. The van der Waals surface area contributed by atoms with Crippen molar-refractivity contribution >= 4 is 44.8 Å². The Kier molecular flexibility index (Phi) is 7.57. The van der Waals surface area contributed by atoms with Gasteiger partial charge in [-0.2, -0.15) is 4.31 Å². The number of sulfonamides is 1. The van der Waals surface area contributed by atoms with Gasteiger partial charge in [0.05, 0.1) is 16.3 Å². The molecule has 30 heavy (non-hydrogen) atoms. The van der Waals surface area contributed by atoms with Gasteiger partial charge in [-0.1, -0.05) is 23.2 Å². The highest BCUT2D eigenvalue weighted by Gasteiger charge is 2.26. The van der Waals surface area contributed by atoms with E-state index in [2.05, 4.69) is 5.32 Å². The molecule has 2 aromatic carbocycles. The van der Waals surface area contributed by atoms with Crippen LogP contribution in [0.2, 0.25) is 10.0 Å². The van der Waals surface area contributed by atoms with Gasteiger partial charge in [-0.25, -0.2) is 12.8 Å². The summed E-state index contributed by atoms with van der Waals surface area (Å²) in [6.07, 6.45) is 0.282. The molecule has 1 amide bonds. The summed E-state index contributed by atoms with van der Waals surface area (Å²) in [6.45, 7) is 2.01. The molecule has 1 N–H and O–H groups in total. The van der Waals surface area contributed by atoms with Gasteiger partial charge >= 0.3 is 0 Å². The summed E-state index contributed by atoms with van der Waals surface area (Å²) < 4.78 is 39.7. The third-order valence-electron chi connectivity index (χ3n) is 4.86. The highest BCUT2D eigenvalue weighted by Crippen LogP contribution is 2.21. The number of hydrogen-bond donors (Lipinski definition) is 1. The lowest BCUT2D eigenvalue weighted by Gasteiger charge is -2.35. The zero-order chi connectivity index (χ0) is 21.7. The largest absolute Gasteiger partial charge is 0.369 e. The molecule has 0 aliphatic carbocycles. The van der Waals surface area contributed by atoms with E-state index in [1.54, 1.807) is 18.2 Å². The number of anilines is 1. The van der Waals surface area contributed by atoms with Crippen molar-refractivity contribution in [2.24, 2.45) is 0 Å². The van der Waals surface area contributed by atoms with Gasteiger partial charge in [0.1, 0.15) is 5.82 Å². The monoisotopic (exact) mass is 473 g/mol. The van der Waals surface area contributed by atoms with Crippen molar-refractivity contribution in [2.75, 3.05) is 43.4 Å². The van der Waals surface area contributed by atoms with Crippen LogP contribution in [0.3, 0.4) is 0 Å². The first kappa shape index (κ1) is 22.8. The maximum atomic E-state index is 13.1. The number of carbonyl (C=O) groups is 1. The van der Waals surface area contributed by atoms with Crippen LogP contribution in [0.15, 0.2) is 42.5 Å². The van der Waals surface area contributed by atoms with Gasteiger partial charge in [0.2, 0.25) is 10.0 Å². The molecule has 162 valence electrons. The Hall–Kier alpha value is -1.87. The zero-order valence-electron chi connectivity index (χ0n) is 16.2. The smallest absolute Gasteiger partial charge is 0.252 e. The van der Waals surface area contributed by atoms with Gasteiger partial charge in [0.25, 0.3) is 5.91 Å². The Balaban J connectivity index is 1.45. The summed E-state index contributed by atoms with van der Waals surface area (Å²) in [5.41, 5.74) is 1.12. The molecule has 1 saturated heterocycles. The lowest BCUT2D eigenvalue weighted by molar-refractivity contribution is 0.0953. The first-order valence-electron chi connectivity index (χ1n) is 9.48. The molecule has 3 rings (SSSR count). The minimum atomic E-state index is -3.42. The number of piperazine rings is 1. The summed E-state index contributed by atoms with van der Waals surface area (Å²) in [4.78, 5) is 14.2. The fraction of sp³-hybridized carbons (Fsp3) is 0.350. The second-order valence-electron chi connectivity index (χ2n) is 6.91. The first-order valence-corrected chi connectivity index (χ1v) is 11.8. The van der Waals surface area contributed by atoms with Crippen molar-refractivity contribution in [1.82, 2.24) is 9.62 Å². The van der Waals surface area contributed by atoms with Crippen molar-refractivity contribution in [3.05, 3.63) is 63.9 Å². The topological polar surface area (TPSA) is 69.7 Å². The molecule has 0 unspecified atom stereocenters. The molecule has 0 saturated carbocycles. The fourth-order valence-corrected chi connectivity index (χ4v) is 5.09. The van der Waals surface area contributed by atoms with Crippen LogP contribution in [0.5, 0.6) is 0 Å². The van der Waals surface area contributed by atoms with E-state index in [-0.39, 0.29) is 35.1 Å². The van der Waals surface area contributed by atoms with Crippen LogP contribution in [0.4, 0.5) is 10.1 Å². The molecule has 1 heterocycles. The van der Waals surface area contributed by atoms with E-state index in [4.69, 9.17) is 23.2 Å². The van der Waals surface area contributed by atoms with Crippen LogP contribution in [-0.4, -0.2) is 57.1 Å². The van der Waals surface area contributed by atoms with E-state index >= 15 is 0 Å². The third-order valence-corrected chi connectivity index (χ3v) is 7.38. The third kappa shape index (κ3) is 5.85. The van der Waals surface area contributed by atoms with Crippen molar-refractivity contribution in [2.45, 2.75) is 6.42 Å². The fourth-order valence-electron chi connectivity index (χ4n) is 3.23. The van der Waals surface area contributed by atoms with Crippen LogP contribution in [0.1, 0.15) is 16.8 Å². The zero-order valence-corrected chi connectivity index (χ0v) is 18.5. The second kappa shape index (κ2) is 9.96. The summed E-state index contributed by atoms with van der Waals surface area (Å²) in [5, 5.41) is 3.35. The number of benzene rings is 2. The van der Waals surface area contributed by atoms with Gasteiger partial charge in [0.15, 0.2) is 0 Å². The number of rotatable bonds is 7. The van der Waals surface area contributed by atoms with Crippen LogP contribution in [0, 0.1) is 5.82 Å². The second-order valence-corrected chi connectivity index (χ2v) is 9.84. The number of nitrogens with one attached hydrogen (secondary N) is 1. The molecular weight excluding hydrogens is 452 g/mol.